The van der Waals surface area contributed by atoms with Crippen molar-refractivity contribution < 1.29 is 23.1 Å². The zero-order valence-corrected chi connectivity index (χ0v) is 13.9. The molecule has 2 aromatic heterocycles. The van der Waals surface area contributed by atoms with Gasteiger partial charge in [0.1, 0.15) is 23.8 Å². The number of ether oxygens (including phenoxy) is 1. The van der Waals surface area contributed by atoms with Gasteiger partial charge in [-0.15, -0.1) is 0 Å². The average Bonchev–Trinajstić information content (AvgIpc) is 3.06. The number of hydrogen-bond acceptors (Lipinski definition) is 5. The molecule has 0 amide bonds. The second kappa shape index (κ2) is 7.35. The fourth-order valence-electron chi connectivity index (χ4n) is 2.56. The van der Waals surface area contributed by atoms with Crippen molar-refractivity contribution in [3.63, 3.8) is 0 Å². The third kappa shape index (κ3) is 3.28. The number of halogens is 1. The second-order valence-electron chi connectivity index (χ2n) is 5.57. The zero-order valence-electron chi connectivity index (χ0n) is 16.9. The Balaban J connectivity index is 1.99. The SMILES string of the molecule is [2H]C([2H])([2H])C(C)n1ncc(F)c1-c1ncccc1COc1cccc(O)c1C=O. The normalized spacial score (nSPS) is 14.2. The highest BCUT2D eigenvalue weighted by atomic mass is 19.1. The molecule has 0 saturated carbocycles. The van der Waals surface area contributed by atoms with Gasteiger partial charge < -0.3 is 9.84 Å². The average molecular weight is 358 g/mol. The molecule has 3 aromatic rings. The van der Waals surface area contributed by atoms with Gasteiger partial charge in [0.2, 0.25) is 0 Å². The van der Waals surface area contributed by atoms with Crippen LogP contribution in [0.25, 0.3) is 11.4 Å². The minimum absolute atomic E-state index is 0.00909. The molecule has 0 bridgehead atoms. The maximum Gasteiger partial charge on any atom is 0.170 e. The number of rotatable bonds is 6. The Labute approximate surface area is 154 Å². The second-order valence-corrected chi connectivity index (χ2v) is 5.57. The Morgan fingerprint density at radius 3 is 3.04 bits per heavy atom. The van der Waals surface area contributed by atoms with Gasteiger partial charge in [0, 0.05) is 21.9 Å². The molecule has 0 spiro atoms. The summed E-state index contributed by atoms with van der Waals surface area (Å²) in [5, 5.41) is 13.6. The van der Waals surface area contributed by atoms with Crippen LogP contribution in [-0.4, -0.2) is 26.2 Å². The standard InChI is InChI=1S/C19H18FN3O3/c1-12(2)23-19(15(20)9-22-23)18-13(5-4-8-21-18)11-26-17-7-3-6-16(25)14(17)10-24/h3-10,12,25H,11H2,1-2H3/i1D3. The molecule has 3 rings (SSSR count). The van der Waals surface area contributed by atoms with Crippen molar-refractivity contribution in [3.8, 4) is 22.9 Å². The van der Waals surface area contributed by atoms with Crippen molar-refractivity contribution in [2.24, 2.45) is 0 Å². The summed E-state index contributed by atoms with van der Waals surface area (Å²) in [6, 6.07) is 6.58. The van der Waals surface area contributed by atoms with Crippen LogP contribution in [0.5, 0.6) is 11.5 Å². The highest BCUT2D eigenvalue weighted by molar-refractivity contribution is 5.83. The summed E-state index contributed by atoms with van der Waals surface area (Å²) in [5.41, 5.74) is 0.544. The van der Waals surface area contributed by atoms with Gasteiger partial charge in [-0.05, 0) is 32.0 Å². The van der Waals surface area contributed by atoms with Crippen molar-refractivity contribution >= 4 is 6.29 Å². The van der Waals surface area contributed by atoms with E-state index in [1.165, 1.54) is 31.3 Å². The molecular weight excluding hydrogens is 337 g/mol. The van der Waals surface area contributed by atoms with Crippen LogP contribution in [0.3, 0.4) is 0 Å². The van der Waals surface area contributed by atoms with Gasteiger partial charge in [-0.1, -0.05) is 12.1 Å². The summed E-state index contributed by atoms with van der Waals surface area (Å²) >= 11 is 0. The monoisotopic (exact) mass is 358 g/mol. The van der Waals surface area contributed by atoms with Crippen molar-refractivity contribution in [2.45, 2.75) is 26.4 Å². The van der Waals surface area contributed by atoms with Crippen LogP contribution in [0.1, 0.15) is 39.9 Å². The van der Waals surface area contributed by atoms with Gasteiger partial charge in [0.25, 0.3) is 0 Å². The number of phenols is 1. The molecule has 0 saturated heterocycles. The zero-order chi connectivity index (χ0) is 21.2. The fraction of sp³-hybridized carbons (Fsp3) is 0.211. The number of aromatic hydroxyl groups is 1. The van der Waals surface area contributed by atoms with E-state index in [2.05, 4.69) is 10.1 Å². The van der Waals surface area contributed by atoms with Crippen LogP contribution < -0.4 is 4.74 Å². The molecule has 2 heterocycles. The van der Waals surface area contributed by atoms with Crippen LogP contribution >= 0.6 is 0 Å². The number of phenolic OH excluding ortho intramolecular Hbond substituents is 1. The number of aromatic nitrogens is 3. The fourth-order valence-corrected chi connectivity index (χ4v) is 2.56. The summed E-state index contributed by atoms with van der Waals surface area (Å²) in [6.45, 7) is -1.07. The smallest absolute Gasteiger partial charge is 0.170 e. The maximum absolute atomic E-state index is 14.5. The van der Waals surface area contributed by atoms with Crippen LogP contribution in [0, 0.1) is 5.82 Å². The van der Waals surface area contributed by atoms with E-state index in [0.29, 0.717) is 11.8 Å². The van der Waals surface area contributed by atoms with E-state index in [-0.39, 0.29) is 35.1 Å². The Bertz CT molecular complexity index is 1040. The lowest BCUT2D eigenvalue weighted by Gasteiger charge is -2.15. The van der Waals surface area contributed by atoms with E-state index in [9.17, 15) is 14.3 Å². The summed E-state index contributed by atoms with van der Waals surface area (Å²) in [6.07, 6.45) is 2.86. The van der Waals surface area contributed by atoms with Crippen LogP contribution in [0.15, 0.2) is 42.7 Å². The van der Waals surface area contributed by atoms with E-state index in [0.717, 1.165) is 10.9 Å². The van der Waals surface area contributed by atoms with E-state index in [4.69, 9.17) is 8.85 Å². The minimum atomic E-state index is -2.39. The summed E-state index contributed by atoms with van der Waals surface area (Å²) in [7, 11) is 0. The lowest BCUT2D eigenvalue weighted by Crippen LogP contribution is -2.08. The molecule has 1 aromatic carbocycles. The van der Waals surface area contributed by atoms with Crippen LogP contribution in [0.2, 0.25) is 0 Å². The molecule has 0 aliphatic rings. The predicted octanol–water partition coefficient (Wildman–Crippen LogP) is 3.76. The summed E-state index contributed by atoms with van der Waals surface area (Å²) in [4.78, 5) is 15.4. The Hall–Kier alpha value is -3.22. The first-order chi connectivity index (χ1) is 13.7. The Kier molecular flexibility index (Phi) is 3.96. The van der Waals surface area contributed by atoms with Crippen molar-refractivity contribution in [3.05, 3.63) is 59.7 Å². The molecule has 26 heavy (non-hydrogen) atoms. The van der Waals surface area contributed by atoms with Crippen LogP contribution in [0.4, 0.5) is 4.39 Å². The molecule has 0 radical (unpaired) electrons. The molecule has 0 fully saturated rings. The predicted molar refractivity (Wildman–Crippen MR) is 93.6 cm³/mol. The summed E-state index contributed by atoms with van der Waals surface area (Å²) in [5.74, 6) is -0.786. The lowest BCUT2D eigenvalue weighted by atomic mass is 10.1. The largest absolute Gasteiger partial charge is 0.507 e. The highest BCUT2D eigenvalue weighted by Gasteiger charge is 2.20. The number of carbonyl (C=O) groups is 1. The van der Waals surface area contributed by atoms with Gasteiger partial charge in [-0.2, -0.15) is 5.10 Å². The molecule has 7 heteroatoms. The van der Waals surface area contributed by atoms with Crippen LogP contribution in [-0.2, 0) is 6.61 Å². The van der Waals surface area contributed by atoms with Gasteiger partial charge >= 0.3 is 0 Å². The molecule has 1 N–H and O–H groups in total. The first-order valence-corrected chi connectivity index (χ1v) is 7.81. The molecule has 0 aliphatic heterocycles. The Morgan fingerprint density at radius 2 is 2.27 bits per heavy atom. The quantitative estimate of drug-likeness (QED) is 0.679. The minimum Gasteiger partial charge on any atom is -0.507 e. The van der Waals surface area contributed by atoms with E-state index >= 15 is 0 Å². The van der Waals surface area contributed by atoms with Crippen molar-refractivity contribution in [2.75, 3.05) is 0 Å². The number of nitrogens with zero attached hydrogens (tertiary/aromatic N) is 3. The molecule has 6 nitrogen and oxygen atoms in total. The van der Waals surface area contributed by atoms with Crippen molar-refractivity contribution in [1.82, 2.24) is 14.8 Å². The molecular formula is C19H18FN3O3. The first-order valence-electron chi connectivity index (χ1n) is 9.31. The molecule has 0 aliphatic carbocycles. The number of pyridine rings is 1. The van der Waals surface area contributed by atoms with Crippen molar-refractivity contribution in [1.29, 1.82) is 0 Å². The number of benzene rings is 1. The topological polar surface area (TPSA) is 77.2 Å². The molecule has 1 unspecified atom stereocenters. The maximum atomic E-state index is 14.5. The van der Waals surface area contributed by atoms with E-state index in [1.54, 1.807) is 12.1 Å². The van der Waals surface area contributed by atoms with E-state index < -0.39 is 18.7 Å². The number of hydrogen-bond donors (Lipinski definition) is 1. The van der Waals surface area contributed by atoms with Gasteiger partial charge in [-0.25, -0.2) is 4.39 Å². The molecule has 1 atom stereocenters. The third-order valence-electron chi connectivity index (χ3n) is 3.78. The molecule has 134 valence electrons. The van der Waals surface area contributed by atoms with Gasteiger partial charge in [0.05, 0.1) is 17.5 Å². The number of aldehydes is 1. The number of carbonyl (C=O) groups excluding carboxylic acids is 1. The summed E-state index contributed by atoms with van der Waals surface area (Å²) < 4.78 is 44.1. The van der Waals surface area contributed by atoms with Gasteiger partial charge in [-0.3, -0.25) is 14.5 Å². The third-order valence-corrected chi connectivity index (χ3v) is 3.78. The highest BCUT2D eigenvalue weighted by Crippen LogP contribution is 2.29. The van der Waals surface area contributed by atoms with Gasteiger partial charge in [0.15, 0.2) is 12.1 Å². The lowest BCUT2D eigenvalue weighted by molar-refractivity contribution is 0.111. The van der Waals surface area contributed by atoms with E-state index in [1.807, 2.05) is 0 Å². The Morgan fingerprint density at radius 1 is 1.42 bits per heavy atom. The first kappa shape index (κ1) is 14.0.